The molecule has 0 bridgehead atoms. The number of carbonyl (C=O) groups excluding carboxylic acids is 2. The Morgan fingerprint density at radius 2 is 1.90 bits per heavy atom. The van der Waals surface area contributed by atoms with Crippen LogP contribution in [0.4, 0.5) is 0 Å². The van der Waals surface area contributed by atoms with Crippen LogP contribution in [-0.4, -0.2) is 34.5 Å². The molecule has 1 aliphatic carbocycles. The van der Waals surface area contributed by atoms with Crippen LogP contribution in [0.5, 0.6) is 0 Å². The van der Waals surface area contributed by atoms with Gasteiger partial charge in [-0.2, -0.15) is 0 Å². The van der Waals surface area contributed by atoms with Crippen molar-refractivity contribution in [1.29, 1.82) is 0 Å². The van der Waals surface area contributed by atoms with Gasteiger partial charge in [0.1, 0.15) is 0 Å². The van der Waals surface area contributed by atoms with Gasteiger partial charge in [-0.3, -0.25) is 14.5 Å². The number of aliphatic hydroxyl groups excluding tert-OH is 1. The van der Waals surface area contributed by atoms with Crippen molar-refractivity contribution in [3.05, 3.63) is 35.9 Å². The largest absolute Gasteiger partial charge is 0.396 e. The van der Waals surface area contributed by atoms with E-state index in [0.717, 1.165) is 24.8 Å². The maximum Gasteiger partial charge on any atom is 0.237 e. The van der Waals surface area contributed by atoms with Gasteiger partial charge in [-0.25, -0.2) is 0 Å². The summed E-state index contributed by atoms with van der Waals surface area (Å²) < 4.78 is 0. The first-order valence-electron chi connectivity index (χ1n) is 7.24. The van der Waals surface area contributed by atoms with E-state index in [0.29, 0.717) is 0 Å². The van der Waals surface area contributed by atoms with E-state index in [1.807, 2.05) is 30.3 Å². The molecule has 0 aromatic heterocycles. The van der Waals surface area contributed by atoms with E-state index in [-0.39, 0.29) is 42.7 Å². The number of hydrogen-bond acceptors (Lipinski definition) is 3. The lowest BCUT2D eigenvalue weighted by atomic mass is 9.97. The molecule has 0 spiro atoms. The summed E-state index contributed by atoms with van der Waals surface area (Å²) in [6.07, 6.45) is 2.96. The zero-order valence-corrected chi connectivity index (χ0v) is 11.4. The Balaban J connectivity index is 1.84. The summed E-state index contributed by atoms with van der Waals surface area (Å²) in [7, 11) is 0. The fourth-order valence-electron chi connectivity index (χ4n) is 3.52. The third-order valence-corrected chi connectivity index (χ3v) is 4.57. The van der Waals surface area contributed by atoms with Gasteiger partial charge < -0.3 is 5.11 Å². The van der Waals surface area contributed by atoms with E-state index < -0.39 is 0 Å². The predicted molar refractivity (Wildman–Crippen MR) is 73.9 cm³/mol. The molecule has 1 aliphatic heterocycles. The number of hydrogen-bond donors (Lipinski definition) is 1. The highest BCUT2D eigenvalue weighted by molar-refractivity contribution is 6.06. The summed E-state index contributed by atoms with van der Waals surface area (Å²) in [6, 6.07) is 9.38. The molecule has 1 heterocycles. The molecule has 2 amide bonds. The maximum atomic E-state index is 12.6. The molecule has 3 atom stereocenters. The summed E-state index contributed by atoms with van der Waals surface area (Å²) in [5.41, 5.74) is 0.909. The van der Waals surface area contributed by atoms with Crippen LogP contribution < -0.4 is 0 Å². The molecule has 1 aromatic rings. The molecule has 1 N–H and O–H groups in total. The molecular formula is C16H19NO3. The third-order valence-electron chi connectivity index (χ3n) is 4.57. The minimum absolute atomic E-state index is 0.0532. The third kappa shape index (κ3) is 2.14. The molecule has 0 radical (unpaired) electrons. The second-order valence-electron chi connectivity index (χ2n) is 5.71. The first-order valence-corrected chi connectivity index (χ1v) is 7.24. The van der Waals surface area contributed by atoms with Crippen LogP contribution >= 0.6 is 0 Å². The quantitative estimate of drug-likeness (QED) is 0.853. The van der Waals surface area contributed by atoms with E-state index >= 15 is 0 Å². The fraction of sp³-hybridized carbons (Fsp3) is 0.500. The molecule has 1 aromatic carbocycles. The Morgan fingerprint density at radius 1 is 1.15 bits per heavy atom. The Hall–Kier alpha value is -1.68. The summed E-state index contributed by atoms with van der Waals surface area (Å²) >= 11 is 0. The van der Waals surface area contributed by atoms with E-state index in [2.05, 4.69) is 0 Å². The minimum Gasteiger partial charge on any atom is -0.396 e. The molecule has 1 saturated carbocycles. The maximum absolute atomic E-state index is 12.6. The number of benzene rings is 1. The number of nitrogens with zero attached hydrogens (tertiary/aromatic N) is 1. The number of imide groups is 1. The summed E-state index contributed by atoms with van der Waals surface area (Å²) in [5, 5.41) is 9.40. The van der Waals surface area contributed by atoms with Crippen molar-refractivity contribution in [3.63, 3.8) is 0 Å². The second kappa shape index (κ2) is 5.37. The number of amides is 2. The van der Waals surface area contributed by atoms with Gasteiger partial charge in [-0.05, 0) is 18.4 Å². The number of rotatable bonds is 3. The van der Waals surface area contributed by atoms with Gasteiger partial charge in [0, 0.05) is 25.0 Å². The van der Waals surface area contributed by atoms with Gasteiger partial charge in [0.25, 0.3) is 0 Å². The molecule has 20 heavy (non-hydrogen) atoms. The van der Waals surface area contributed by atoms with Crippen LogP contribution in [0, 0.1) is 5.92 Å². The normalized spacial score (nSPS) is 30.2. The first kappa shape index (κ1) is 13.3. The summed E-state index contributed by atoms with van der Waals surface area (Å²) in [6.45, 7) is 0.0533. The Morgan fingerprint density at radius 3 is 2.60 bits per heavy atom. The van der Waals surface area contributed by atoms with Gasteiger partial charge in [-0.15, -0.1) is 0 Å². The van der Waals surface area contributed by atoms with Gasteiger partial charge in [0.15, 0.2) is 0 Å². The van der Waals surface area contributed by atoms with E-state index in [1.54, 1.807) is 0 Å². The average Bonchev–Trinajstić information content (AvgIpc) is 3.04. The van der Waals surface area contributed by atoms with Crippen molar-refractivity contribution in [2.24, 2.45) is 5.92 Å². The Kier molecular flexibility index (Phi) is 3.57. The number of likely N-dealkylation sites (tertiary alicyclic amines) is 1. The molecule has 4 heteroatoms. The zero-order chi connectivity index (χ0) is 14.1. The standard InChI is InChI=1S/C16H19NO3/c18-10-12-7-4-8-14(12)17-15(19)9-13(16(17)20)11-5-2-1-3-6-11/h1-3,5-6,12-14,18H,4,7-10H2. The van der Waals surface area contributed by atoms with Gasteiger partial charge in [0.2, 0.25) is 11.8 Å². The van der Waals surface area contributed by atoms with Crippen LogP contribution in [-0.2, 0) is 9.59 Å². The summed E-state index contributed by atoms with van der Waals surface area (Å²) in [4.78, 5) is 26.3. The fourth-order valence-corrected chi connectivity index (χ4v) is 3.52. The van der Waals surface area contributed by atoms with Crippen molar-refractivity contribution < 1.29 is 14.7 Å². The molecule has 2 fully saturated rings. The van der Waals surface area contributed by atoms with Crippen LogP contribution in [0.2, 0.25) is 0 Å². The zero-order valence-electron chi connectivity index (χ0n) is 11.4. The van der Waals surface area contributed by atoms with Crippen molar-refractivity contribution in [2.45, 2.75) is 37.6 Å². The molecule has 3 unspecified atom stereocenters. The van der Waals surface area contributed by atoms with Gasteiger partial charge >= 0.3 is 0 Å². The van der Waals surface area contributed by atoms with Crippen molar-refractivity contribution in [1.82, 2.24) is 4.90 Å². The van der Waals surface area contributed by atoms with Gasteiger partial charge in [-0.1, -0.05) is 36.8 Å². The summed E-state index contributed by atoms with van der Waals surface area (Å²) in [5.74, 6) is -0.471. The lowest BCUT2D eigenvalue weighted by Gasteiger charge is -2.27. The molecule has 4 nitrogen and oxygen atoms in total. The lowest BCUT2D eigenvalue weighted by molar-refractivity contribution is -0.142. The van der Waals surface area contributed by atoms with Gasteiger partial charge in [0.05, 0.1) is 5.92 Å². The molecule has 106 valence electrons. The number of aliphatic hydroxyl groups is 1. The van der Waals surface area contributed by atoms with Crippen molar-refractivity contribution in [2.75, 3.05) is 6.61 Å². The Bertz CT molecular complexity index is 514. The number of carbonyl (C=O) groups is 2. The minimum atomic E-state index is -0.344. The van der Waals surface area contributed by atoms with Crippen LogP contribution in [0.1, 0.15) is 37.2 Å². The monoisotopic (exact) mass is 273 g/mol. The highest BCUT2D eigenvalue weighted by Gasteiger charge is 2.46. The van der Waals surface area contributed by atoms with Crippen LogP contribution in [0.15, 0.2) is 30.3 Å². The highest BCUT2D eigenvalue weighted by Crippen LogP contribution is 2.37. The lowest BCUT2D eigenvalue weighted by Crippen LogP contribution is -2.43. The smallest absolute Gasteiger partial charge is 0.237 e. The van der Waals surface area contributed by atoms with Crippen LogP contribution in [0.3, 0.4) is 0 Å². The molecule has 1 saturated heterocycles. The van der Waals surface area contributed by atoms with Crippen molar-refractivity contribution in [3.8, 4) is 0 Å². The average molecular weight is 273 g/mol. The first-order chi connectivity index (χ1) is 9.72. The predicted octanol–water partition coefficient (Wildman–Crippen LogP) is 1.69. The van der Waals surface area contributed by atoms with Crippen LogP contribution in [0.25, 0.3) is 0 Å². The topological polar surface area (TPSA) is 57.6 Å². The van der Waals surface area contributed by atoms with Crippen molar-refractivity contribution >= 4 is 11.8 Å². The van der Waals surface area contributed by atoms with E-state index in [9.17, 15) is 14.7 Å². The molecular weight excluding hydrogens is 254 g/mol. The molecule has 2 aliphatic rings. The highest BCUT2D eigenvalue weighted by atomic mass is 16.3. The SMILES string of the molecule is O=C1CC(c2ccccc2)C(=O)N1C1CCCC1CO. The Labute approximate surface area is 118 Å². The second-order valence-corrected chi connectivity index (χ2v) is 5.71. The van der Waals surface area contributed by atoms with E-state index in [1.165, 1.54) is 4.90 Å². The van der Waals surface area contributed by atoms with E-state index in [4.69, 9.17) is 0 Å². The molecule has 3 rings (SSSR count).